The summed E-state index contributed by atoms with van der Waals surface area (Å²) >= 11 is 1.30. The highest BCUT2D eigenvalue weighted by Gasteiger charge is 2.09. The molecule has 2 aromatic rings. The number of hydrogen-bond donors (Lipinski definition) is 1. The summed E-state index contributed by atoms with van der Waals surface area (Å²) in [4.78, 5) is 11.7. The van der Waals surface area contributed by atoms with Gasteiger partial charge < -0.3 is 9.88 Å². The summed E-state index contributed by atoms with van der Waals surface area (Å²) in [6, 6.07) is 5.64. The van der Waals surface area contributed by atoms with Crippen molar-refractivity contribution in [3.05, 3.63) is 35.9 Å². The average Bonchev–Trinajstić information content (AvgIpc) is 2.70. The lowest BCUT2D eigenvalue weighted by Gasteiger charge is -2.04. The highest BCUT2D eigenvalue weighted by Crippen LogP contribution is 2.16. The highest BCUT2D eigenvalue weighted by molar-refractivity contribution is 7.99. The number of aromatic nitrogens is 3. The quantitative estimate of drug-likeness (QED) is 0.870. The Kier molecular flexibility index (Phi) is 4.16. The fourth-order valence-corrected chi connectivity index (χ4v) is 2.13. The zero-order valence-electron chi connectivity index (χ0n) is 10.6. The van der Waals surface area contributed by atoms with Crippen molar-refractivity contribution in [3.8, 4) is 0 Å². The Morgan fingerprint density at radius 1 is 1.37 bits per heavy atom. The van der Waals surface area contributed by atoms with E-state index in [-0.39, 0.29) is 17.5 Å². The van der Waals surface area contributed by atoms with Crippen LogP contribution >= 0.6 is 11.8 Å². The standard InChI is InChI=1S/C12H13FN4OS/c1-8-15-16-12(17(8)2)19-7-11(18)14-10-5-3-9(13)4-6-10/h3-6H,7H2,1-2H3,(H,14,18). The van der Waals surface area contributed by atoms with Gasteiger partial charge in [0.25, 0.3) is 0 Å². The second kappa shape index (κ2) is 5.83. The summed E-state index contributed by atoms with van der Waals surface area (Å²) in [5.74, 6) is 0.518. The number of nitrogens with zero attached hydrogens (tertiary/aromatic N) is 3. The van der Waals surface area contributed by atoms with Crippen LogP contribution in [0, 0.1) is 12.7 Å². The van der Waals surface area contributed by atoms with Gasteiger partial charge in [-0.05, 0) is 31.2 Å². The minimum atomic E-state index is -0.332. The number of hydrogen-bond acceptors (Lipinski definition) is 4. The fraction of sp³-hybridized carbons (Fsp3) is 0.250. The lowest BCUT2D eigenvalue weighted by molar-refractivity contribution is -0.113. The molecule has 0 spiro atoms. The predicted octanol–water partition coefficient (Wildman–Crippen LogP) is 1.99. The molecule has 0 bridgehead atoms. The van der Waals surface area contributed by atoms with Crippen molar-refractivity contribution < 1.29 is 9.18 Å². The molecule has 0 saturated heterocycles. The molecule has 0 fully saturated rings. The molecule has 5 nitrogen and oxygen atoms in total. The van der Waals surface area contributed by atoms with Crippen LogP contribution in [0.3, 0.4) is 0 Å². The van der Waals surface area contributed by atoms with Gasteiger partial charge in [-0.1, -0.05) is 11.8 Å². The van der Waals surface area contributed by atoms with Gasteiger partial charge in [0.05, 0.1) is 5.75 Å². The van der Waals surface area contributed by atoms with Gasteiger partial charge in [-0.3, -0.25) is 4.79 Å². The minimum Gasteiger partial charge on any atom is -0.325 e. The molecule has 1 N–H and O–H groups in total. The molecule has 1 aromatic heterocycles. The van der Waals surface area contributed by atoms with Crippen LogP contribution in [0.4, 0.5) is 10.1 Å². The maximum atomic E-state index is 12.7. The molecule has 1 heterocycles. The third-order valence-corrected chi connectivity index (χ3v) is 3.53. The van der Waals surface area contributed by atoms with Gasteiger partial charge in [0.15, 0.2) is 5.16 Å². The van der Waals surface area contributed by atoms with Gasteiger partial charge in [-0.25, -0.2) is 4.39 Å². The van der Waals surface area contributed by atoms with E-state index in [4.69, 9.17) is 0 Å². The number of amides is 1. The lowest BCUT2D eigenvalue weighted by Crippen LogP contribution is -2.14. The highest BCUT2D eigenvalue weighted by atomic mass is 32.2. The van der Waals surface area contributed by atoms with Crippen molar-refractivity contribution in [3.63, 3.8) is 0 Å². The first-order chi connectivity index (χ1) is 9.06. The van der Waals surface area contributed by atoms with Crippen LogP contribution in [0.1, 0.15) is 5.82 Å². The zero-order chi connectivity index (χ0) is 13.8. The Labute approximate surface area is 114 Å². The number of anilines is 1. The monoisotopic (exact) mass is 280 g/mol. The van der Waals surface area contributed by atoms with Crippen molar-refractivity contribution in [2.24, 2.45) is 7.05 Å². The normalized spacial score (nSPS) is 10.5. The summed E-state index contributed by atoms with van der Waals surface area (Å²) in [6.07, 6.45) is 0. The van der Waals surface area contributed by atoms with Crippen LogP contribution in [0.25, 0.3) is 0 Å². The van der Waals surface area contributed by atoms with Gasteiger partial charge in [0.1, 0.15) is 11.6 Å². The smallest absolute Gasteiger partial charge is 0.234 e. The second-order valence-electron chi connectivity index (χ2n) is 3.93. The van der Waals surface area contributed by atoms with Gasteiger partial charge in [-0.2, -0.15) is 0 Å². The molecular weight excluding hydrogens is 267 g/mol. The van der Waals surface area contributed by atoms with Crippen LogP contribution in [0.2, 0.25) is 0 Å². The number of aryl methyl sites for hydroxylation is 1. The Morgan fingerprint density at radius 3 is 2.63 bits per heavy atom. The van der Waals surface area contributed by atoms with E-state index in [0.29, 0.717) is 10.8 Å². The largest absolute Gasteiger partial charge is 0.325 e. The van der Waals surface area contributed by atoms with E-state index in [0.717, 1.165) is 5.82 Å². The first-order valence-corrected chi connectivity index (χ1v) is 6.59. The van der Waals surface area contributed by atoms with Crippen LogP contribution in [-0.4, -0.2) is 26.4 Å². The average molecular weight is 280 g/mol. The van der Waals surface area contributed by atoms with E-state index in [2.05, 4.69) is 15.5 Å². The summed E-state index contributed by atoms with van der Waals surface area (Å²) < 4.78 is 14.5. The van der Waals surface area contributed by atoms with Crippen molar-refractivity contribution in [2.45, 2.75) is 12.1 Å². The van der Waals surface area contributed by atoms with Crippen LogP contribution in [0.15, 0.2) is 29.4 Å². The summed E-state index contributed by atoms with van der Waals surface area (Å²) in [5.41, 5.74) is 0.571. The third-order valence-electron chi connectivity index (χ3n) is 2.51. The van der Waals surface area contributed by atoms with E-state index in [1.807, 2.05) is 18.5 Å². The first kappa shape index (κ1) is 13.5. The Bertz CT molecular complexity index is 582. The maximum Gasteiger partial charge on any atom is 0.234 e. The molecule has 7 heteroatoms. The number of carbonyl (C=O) groups is 1. The van der Waals surface area contributed by atoms with Gasteiger partial charge in [-0.15, -0.1) is 10.2 Å². The summed E-state index contributed by atoms with van der Waals surface area (Å²) in [7, 11) is 1.84. The van der Waals surface area contributed by atoms with Crippen molar-refractivity contribution >= 4 is 23.4 Å². The molecule has 2 rings (SSSR count). The first-order valence-electron chi connectivity index (χ1n) is 5.60. The molecule has 0 aliphatic rings. The van der Waals surface area contributed by atoms with E-state index >= 15 is 0 Å². The number of carbonyl (C=O) groups excluding carboxylic acids is 1. The van der Waals surface area contributed by atoms with Crippen LogP contribution in [0.5, 0.6) is 0 Å². The van der Waals surface area contributed by atoms with Gasteiger partial charge in [0, 0.05) is 12.7 Å². The molecule has 0 saturated carbocycles. The minimum absolute atomic E-state index is 0.169. The SMILES string of the molecule is Cc1nnc(SCC(=O)Nc2ccc(F)cc2)n1C. The molecule has 19 heavy (non-hydrogen) atoms. The summed E-state index contributed by atoms with van der Waals surface area (Å²) in [5, 5.41) is 11.2. The van der Waals surface area contributed by atoms with E-state index in [1.54, 1.807) is 0 Å². The number of nitrogens with one attached hydrogen (secondary N) is 1. The molecule has 0 radical (unpaired) electrons. The van der Waals surface area contributed by atoms with Crippen molar-refractivity contribution in [1.82, 2.24) is 14.8 Å². The van der Waals surface area contributed by atoms with E-state index in [1.165, 1.54) is 36.0 Å². The van der Waals surface area contributed by atoms with Crippen molar-refractivity contribution in [1.29, 1.82) is 0 Å². The molecule has 0 aliphatic heterocycles. The van der Waals surface area contributed by atoms with Gasteiger partial charge >= 0.3 is 0 Å². The Hall–Kier alpha value is -1.89. The zero-order valence-corrected chi connectivity index (χ0v) is 11.4. The van der Waals surface area contributed by atoms with Crippen LogP contribution in [-0.2, 0) is 11.8 Å². The van der Waals surface area contributed by atoms with E-state index in [9.17, 15) is 9.18 Å². The Morgan fingerprint density at radius 2 is 2.05 bits per heavy atom. The predicted molar refractivity (Wildman–Crippen MR) is 71.5 cm³/mol. The maximum absolute atomic E-state index is 12.7. The molecule has 1 aromatic carbocycles. The van der Waals surface area contributed by atoms with Crippen molar-refractivity contribution in [2.75, 3.05) is 11.1 Å². The number of rotatable bonds is 4. The molecule has 1 amide bonds. The van der Waals surface area contributed by atoms with Gasteiger partial charge in [0.2, 0.25) is 5.91 Å². The molecule has 0 aliphatic carbocycles. The van der Waals surface area contributed by atoms with E-state index < -0.39 is 0 Å². The second-order valence-corrected chi connectivity index (χ2v) is 4.88. The van der Waals surface area contributed by atoms with Crippen LogP contribution < -0.4 is 5.32 Å². The number of benzene rings is 1. The molecule has 100 valence electrons. The molecule has 0 atom stereocenters. The lowest BCUT2D eigenvalue weighted by atomic mass is 10.3. The number of thioether (sulfide) groups is 1. The number of halogens is 1. The molecular formula is C12H13FN4OS. The Balaban J connectivity index is 1.88. The summed E-state index contributed by atoms with van der Waals surface area (Å²) in [6.45, 7) is 1.84. The topological polar surface area (TPSA) is 59.8 Å². The third kappa shape index (κ3) is 3.54. The molecule has 0 unspecified atom stereocenters. The fourth-order valence-electron chi connectivity index (χ4n) is 1.37.